The molecule has 0 fully saturated rings. The molecule has 0 heterocycles. The first-order valence-electron chi connectivity index (χ1n) is 5.49. The number of aliphatic carboxylic acids is 1. The van der Waals surface area contributed by atoms with Gasteiger partial charge < -0.3 is 15.5 Å². The number of carboxylic acids is 1. The third-order valence-electron chi connectivity index (χ3n) is 2.31. The van der Waals surface area contributed by atoms with Crippen LogP contribution in [0.15, 0.2) is 18.2 Å². The van der Waals surface area contributed by atoms with E-state index in [9.17, 15) is 14.7 Å². The van der Waals surface area contributed by atoms with Crippen LogP contribution in [0, 0.1) is 0 Å². The van der Waals surface area contributed by atoms with Gasteiger partial charge >= 0.3 is 5.97 Å². The van der Waals surface area contributed by atoms with Crippen molar-refractivity contribution in [1.29, 1.82) is 0 Å². The molecule has 0 atom stereocenters. The predicted octanol–water partition coefficient (Wildman–Crippen LogP) is 2.03. The number of hydrogen-bond acceptors (Lipinski definition) is 3. The number of phenolic OH excluding ortho intramolecular Hbond substituents is 1. The molecule has 5 nitrogen and oxygen atoms in total. The number of aromatic hydroxyl groups is 1. The van der Waals surface area contributed by atoms with Gasteiger partial charge in [-0.05, 0) is 31.0 Å². The maximum Gasteiger partial charge on any atom is 0.303 e. The minimum absolute atomic E-state index is 0.0744. The smallest absolute Gasteiger partial charge is 0.303 e. The maximum atomic E-state index is 11.6. The summed E-state index contributed by atoms with van der Waals surface area (Å²) in [6, 6.07) is 4.19. The zero-order chi connectivity index (χ0) is 13.5. The van der Waals surface area contributed by atoms with Crippen LogP contribution in [0.2, 0.25) is 5.02 Å². The van der Waals surface area contributed by atoms with Crippen molar-refractivity contribution < 1.29 is 19.8 Å². The first-order chi connectivity index (χ1) is 8.50. The second-order valence-electron chi connectivity index (χ2n) is 3.77. The van der Waals surface area contributed by atoms with Crippen molar-refractivity contribution in [3.63, 3.8) is 0 Å². The average Bonchev–Trinajstić information content (AvgIpc) is 2.31. The van der Waals surface area contributed by atoms with Crippen molar-refractivity contribution in [2.24, 2.45) is 0 Å². The monoisotopic (exact) mass is 271 g/mol. The molecule has 0 radical (unpaired) electrons. The molecule has 3 N–H and O–H groups in total. The summed E-state index contributed by atoms with van der Waals surface area (Å²) in [5.74, 6) is -1.21. The lowest BCUT2D eigenvalue weighted by atomic mass is 10.2. The number of carbonyl (C=O) groups is 2. The highest BCUT2D eigenvalue weighted by Gasteiger charge is 2.07. The molecule has 0 aromatic heterocycles. The lowest BCUT2D eigenvalue weighted by Gasteiger charge is -2.05. The second kappa shape index (κ2) is 6.86. The largest absolute Gasteiger partial charge is 0.506 e. The van der Waals surface area contributed by atoms with Crippen molar-refractivity contribution in [2.75, 3.05) is 6.54 Å². The van der Waals surface area contributed by atoms with Crippen molar-refractivity contribution in [2.45, 2.75) is 19.3 Å². The fourth-order valence-corrected chi connectivity index (χ4v) is 1.53. The highest BCUT2D eigenvalue weighted by atomic mass is 35.5. The van der Waals surface area contributed by atoms with Gasteiger partial charge in [-0.25, -0.2) is 0 Å². The molecule has 1 aromatic carbocycles. The highest BCUT2D eigenvalue weighted by molar-refractivity contribution is 6.32. The average molecular weight is 272 g/mol. The van der Waals surface area contributed by atoms with Crippen molar-refractivity contribution in [3.8, 4) is 5.75 Å². The van der Waals surface area contributed by atoms with E-state index < -0.39 is 5.97 Å². The predicted molar refractivity (Wildman–Crippen MR) is 66.9 cm³/mol. The molecule has 0 saturated heterocycles. The third kappa shape index (κ3) is 4.63. The fraction of sp³-hybridized carbons (Fsp3) is 0.333. The Morgan fingerprint density at radius 1 is 1.28 bits per heavy atom. The van der Waals surface area contributed by atoms with Crippen LogP contribution < -0.4 is 5.32 Å². The second-order valence-corrected chi connectivity index (χ2v) is 4.18. The summed E-state index contributed by atoms with van der Waals surface area (Å²) < 4.78 is 0. The molecular weight excluding hydrogens is 258 g/mol. The van der Waals surface area contributed by atoms with E-state index in [4.69, 9.17) is 16.7 Å². The van der Waals surface area contributed by atoms with E-state index in [0.717, 1.165) is 0 Å². The third-order valence-corrected chi connectivity index (χ3v) is 2.62. The van der Waals surface area contributed by atoms with Crippen LogP contribution in [-0.4, -0.2) is 28.6 Å². The number of carboxylic acid groups (broad SMARTS) is 1. The standard InChI is InChI=1S/C12H14ClNO4/c13-9-7-8(4-5-10(9)15)12(18)14-6-2-1-3-11(16)17/h4-5,7,15H,1-3,6H2,(H,14,18)(H,16,17). The normalized spacial score (nSPS) is 10.1. The molecule has 1 rings (SSSR count). The minimum atomic E-state index is -0.841. The van der Waals surface area contributed by atoms with Gasteiger partial charge in [0.05, 0.1) is 5.02 Å². The maximum absolute atomic E-state index is 11.6. The molecule has 0 aliphatic heterocycles. The SMILES string of the molecule is O=C(O)CCCCNC(=O)c1ccc(O)c(Cl)c1. The molecule has 0 spiro atoms. The van der Waals surface area contributed by atoms with Gasteiger partial charge in [0.15, 0.2) is 0 Å². The minimum Gasteiger partial charge on any atom is -0.506 e. The number of hydrogen-bond donors (Lipinski definition) is 3. The summed E-state index contributed by atoms with van der Waals surface area (Å²) in [6.45, 7) is 0.407. The number of rotatable bonds is 6. The molecule has 0 aliphatic rings. The fourth-order valence-electron chi connectivity index (χ4n) is 1.35. The summed E-state index contributed by atoms with van der Waals surface area (Å²) in [4.78, 5) is 21.9. The van der Waals surface area contributed by atoms with Gasteiger partial charge in [-0.3, -0.25) is 9.59 Å². The van der Waals surface area contributed by atoms with Crippen LogP contribution in [0.5, 0.6) is 5.75 Å². The molecule has 0 bridgehead atoms. The Bertz CT molecular complexity index is 448. The molecule has 0 aliphatic carbocycles. The van der Waals surface area contributed by atoms with Crippen LogP contribution in [0.1, 0.15) is 29.6 Å². The van der Waals surface area contributed by atoms with E-state index in [1.807, 2.05) is 0 Å². The van der Waals surface area contributed by atoms with Crippen molar-refractivity contribution in [1.82, 2.24) is 5.32 Å². The van der Waals surface area contributed by atoms with E-state index in [-0.39, 0.29) is 23.1 Å². The van der Waals surface area contributed by atoms with E-state index in [1.165, 1.54) is 18.2 Å². The van der Waals surface area contributed by atoms with Crippen LogP contribution >= 0.6 is 11.6 Å². The van der Waals surface area contributed by atoms with Crippen LogP contribution in [0.25, 0.3) is 0 Å². The number of phenols is 1. The summed E-state index contributed by atoms with van der Waals surface area (Å²) >= 11 is 5.68. The first kappa shape index (κ1) is 14.3. The summed E-state index contributed by atoms with van der Waals surface area (Å²) in [5.41, 5.74) is 0.357. The quantitative estimate of drug-likeness (QED) is 0.691. The summed E-state index contributed by atoms with van der Waals surface area (Å²) in [7, 11) is 0. The van der Waals surface area contributed by atoms with Crippen LogP contribution in [-0.2, 0) is 4.79 Å². The number of nitrogens with one attached hydrogen (secondary N) is 1. The van der Waals surface area contributed by atoms with Gasteiger partial charge in [0.25, 0.3) is 5.91 Å². The lowest BCUT2D eigenvalue weighted by molar-refractivity contribution is -0.137. The zero-order valence-electron chi connectivity index (χ0n) is 9.65. The topological polar surface area (TPSA) is 86.6 Å². The van der Waals surface area contributed by atoms with E-state index in [2.05, 4.69) is 5.32 Å². The number of carbonyl (C=O) groups excluding carboxylic acids is 1. The molecule has 6 heteroatoms. The van der Waals surface area contributed by atoms with Crippen molar-refractivity contribution in [3.05, 3.63) is 28.8 Å². The molecular formula is C12H14ClNO4. The molecule has 1 aromatic rings. The number of unbranched alkanes of at least 4 members (excludes halogenated alkanes) is 1. The van der Waals surface area contributed by atoms with Gasteiger partial charge in [0, 0.05) is 18.5 Å². The Kier molecular flexibility index (Phi) is 5.45. The van der Waals surface area contributed by atoms with Gasteiger partial charge in [-0.1, -0.05) is 11.6 Å². The Labute approximate surface area is 109 Å². The molecule has 1 amide bonds. The Balaban J connectivity index is 2.36. The number of benzene rings is 1. The molecule has 0 unspecified atom stereocenters. The van der Waals surface area contributed by atoms with E-state index >= 15 is 0 Å². The summed E-state index contributed by atoms with van der Waals surface area (Å²) in [6.07, 6.45) is 1.22. The Morgan fingerprint density at radius 2 is 2.00 bits per heavy atom. The number of amides is 1. The Hall–Kier alpha value is -1.75. The van der Waals surface area contributed by atoms with Crippen LogP contribution in [0.4, 0.5) is 0 Å². The van der Waals surface area contributed by atoms with E-state index in [0.29, 0.717) is 24.9 Å². The molecule has 98 valence electrons. The molecule has 0 saturated carbocycles. The first-order valence-corrected chi connectivity index (χ1v) is 5.87. The van der Waals surface area contributed by atoms with Gasteiger partial charge in [0.1, 0.15) is 5.75 Å². The highest BCUT2D eigenvalue weighted by Crippen LogP contribution is 2.23. The number of halogens is 1. The Morgan fingerprint density at radius 3 is 2.61 bits per heavy atom. The van der Waals surface area contributed by atoms with E-state index in [1.54, 1.807) is 0 Å². The van der Waals surface area contributed by atoms with Gasteiger partial charge in [-0.15, -0.1) is 0 Å². The zero-order valence-corrected chi connectivity index (χ0v) is 10.4. The van der Waals surface area contributed by atoms with Crippen LogP contribution in [0.3, 0.4) is 0 Å². The van der Waals surface area contributed by atoms with Crippen molar-refractivity contribution >= 4 is 23.5 Å². The lowest BCUT2D eigenvalue weighted by Crippen LogP contribution is -2.24. The van der Waals surface area contributed by atoms with Gasteiger partial charge in [-0.2, -0.15) is 0 Å². The van der Waals surface area contributed by atoms with Gasteiger partial charge in [0.2, 0.25) is 0 Å². The molecule has 18 heavy (non-hydrogen) atoms. The summed E-state index contributed by atoms with van der Waals surface area (Å²) in [5, 5.41) is 20.4.